The van der Waals surface area contributed by atoms with Crippen molar-refractivity contribution in [3.05, 3.63) is 89.3 Å². The number of ether oxygens (including phenoxy) is 2. The van der Waals surface area contributed by atoms with E-state index in [0.717, 1.165) is 17.7 Å². The molecule has 0 spiro atoms. The molecule has 0 bridgehead atoms. The van der Waals surface area contributed by atoms with E-state index in [4.69, 9.17) is 21.1 Å². The molecular formula is C29H25ClFN5O5S. The number of sulfonamides is 1. The van der Waals surface area contributed by atoms with E-state index in [1.165, 1.54) is 16.4 Å². The molecule has 13 heteroatoms. The van der Waals surface area contributed by atoms with E-state index in [-0.39, 0.29) is 30.7 Å². The van der Waals surface area contributed by atoms with Gasteiger partial charge in [0.05, 0.1) is 22.8 Å². The van der Waals surface area contributed by atoms with E-state index in [1.807, 2.05) is 18.2 Å². The van der Waals surface area contributed by atoms with E-state index in [0.29, 0.717) is 46.4 Å². The number of anilines is 2. The Morgan fingerprint density at radius 3 is 2.64 bits per heavy atom. The summed E-state index contributed by atoms with van der Waals surface area (Å²) in [6.45, 7) is 0.341. The van der Waals surface area contributed by atoms with E-state index in [2.05, 4.69) is 20.6 Å². The number of amides is 1. The highest BCUT2D eigenvalue weighted by Gasteiger charge is 2.39. The molecule has 216 valence electrons. The number of halogens is 2. The first-order chi connectivity index (χ1) is 20.3. The van der Waals surface area contributed by atoms with E-state index in [9.17, 15) is 17.6 Å². The number of nitrogens with zero attached hydrogens (tertiary/aromatic N) is 3. The van der Waals surface area contributed by atoms with Crippen molar-refractivity contribution in [3.63, 3.8) is 0 Å². The first-order valence-corrected chi connectivity index (χ1v) is 14.9. The van der Waals surface area contributed by atoms with Crippen LogP contribution in [0.5, 0.6) is 11.5 Å². The average Bonchev–Trinajstić information content (AvgIpc) is 3.66. The Labute approximate surface area is 246 Å². The highest BCUT2D eigenvalue weighted by atomic mass is 35.5. The smallest absolute Gasteiger partial charge is 0.243 e. The Morgan fingerprint density at radius 2 is 1.83 bits per heavy atom. The van der Waals surface area contributed by atoms with Crippen LogP contribution in [-0.4, -0.2) is 48.0 Å². The van der Waals surface area contributed by atoms with Crippen molar-refractivity contribution in [2.75, 3.05) is 18.7 Å². The molecule has 3 heterocycles. The molecule has 0 aliphatic carbocycles. The molecule has 10 nitrogen and oxygen atoms in total. The molecule has 1 amide bonds. The fourth-order valence-corrected chi connectivity index (χ4v) is 6.72. The second-order valence-corrected chi connectivity index (χ2v) is 12.0. The van der Waals surface area contributed by atoms with E-state index in [1.54, 1.807) is 30.3 Å². The first-order valence-electron chi connectivity index (χ1n) is 13.1. The van der Waals surface area contributed by atoms with Crippen LogP contribution < -0.4 is 20.1 Å². The van der Waals surface area contributed by atoms with Gasteiger partial charge >= 0.3 is 0 Å². The van der Waals surface area contributed by atoms with Gasteiger partial charge in [0.2, 0.25) is 28.7 Å². The number of nitrogens with one attached hydrogen (secondary N) is 2. The van der Waals surface area contributed by atoms with Crippen LogP contribution in [0.2, 0.25) is 5.02 Å². The third-order valence-electron chi connectivity index (χ3n) is 6.90. The van der Waals surface area contributed by atoms with Crippen LogP contribution in [-0.2, 0) is 21.4 Å². The molecule has 1 atom stereocenters. The lowest BCUT2D eigenvalue weighted by molar-refractivity contribution is -0.124. The Kier molecular flexibility index (Phi) is 7.67. The van der Waals surface area contributed by atoms with Gasteiger partial charge in [0, 0.05) is 22.8 Å². The van der Waals surface area contributed by atoms with Crippen molar-refractivity contribution in [2.45, 2.75) is 30.3 Å². The van der Waals surface area contributed by atoms with Gasteiger partial charge in [-0.05, 0) is 79.6 Å². The molecule has 2 aliphatic rings. The van der Waals surface area contributed by atoms with Crippen LogP contribution in [0.15, 0.2) is 77.7 Å². The van der Waals surface area contributed by atoms with E-state index >= 15 is 0 Å². The summed E-state index contributed by atoms with van der Waals surface area (Å²) in [6, 6.07) is 17.9. The van der Waals surface area contributed by atoms with E-state index < -0.39 is 27.8 Å². The Balaban J connectivity index is 1.24. The predicted octanol–water partition coefficient (Wildman–Crippen LogP) is 4.88. The number of carbonyl (C=O) groups excluding carboxylic acids is 1. The topological polar surface area (TPSA) is 123 Å². The molecule has 1 unspecified atom stereocenters. The molecule has 0 saturated carbocycles. The van der Waals surface area contributed by atoms with Crippen molar-refractivity contribution in [1.29, 1.82) is 0 Å². The van der Waals surface area contributed by atoms with Crippen molar-refractivity contribution < 1.29 is 27.1 Å². The van der Waals surface area contributed by atoms with Gasteiger partial charge in [-0.1, -0.05) is 17.7 Å². The van der Waals surface area contributed by atoms with Crippen LogP contribution in [0, 0.1) is 5.82 Å². The highest BCUT2D eigenvalue weighted by molar-refractivity contribution is 7.89. The zero-order chi connectivity index (χ0) is 29.3. The van der Waals surface area contributed by atoms with Gasteiger partial charge in [0.1, 0.15) is 11.9 Å². The third-order valence-corrected chi connectivity index (χ3v) is 9.06. The lowest BCUT2D eigenvalue weighted by atomic mass is 10.1. The average molecular weight is 610 g/mol. The summed E-state index contributed by atoms with van der Waals surface area (Å²) in [5.41, 5.74) is 2.48. The minimum absolute atomic E-state index is 0.0179. The van der Waals surface area contributed by atoms with Gasteiger partial charge in [0.15, 0.2) is 11.5 Å². The number of carbonyl (C=O) groups is 1. The number of rotatable bonds is 8. The van der Waals surface area contributed by atoms with Gasteiger partial charge in [0.25, 0.3) is 0 Å². The van der Waals surface area contributed by atoms with Crippen LogP contribution in [0.4, 0.5) is 16.0 Å². The van der Waals surface area contributed by atoms with Crippen LogP contribution in [0.1, 0.15) is 18.5 Å². The lowest BCUT2D eigenvalue weighted by Gasteiger charge is -2.23. The molecule has 1 aromatic heterocycles. The third kappa shape index (κ3) is 5.87. The zero-order valence-corrected chi connectivity index (χ0v) is 23.7. The van der Waals surface area contributed by atoms with Gasteiger partial charge in [-0.2, -0.15) is 4.31 Å². The number of fused-ring (bicyclic) bond motifs is 1. The Bertz CT molecular complexity index is 1760. The minimum Gasteiger partial charge on any atom is -0.454 e. The maximum absolute atomic E-state index is 13.4. The zero-order valence-electron chi connectivity index (χ0n) is 22.1. The molecular weight excluding hydrogens is 585 g/mol. The molecule has 4 aromatic rings. The summed E-state index contributed by atoms with van der Waals surface area (Å²) in [6.07, 6.45) is 0.883. The summed E-state index contributed by atoms with van der Waals surface area (Å²) in [4.78, 5) is 22.4. The SMILES string of the molecule is O=C(NCc1cc(-c2ccc3c(c2)OCO3)nc(Nc2cccc(Cl)c2)n1)C1CCCN1S(=O)(=O)c1ccc(F)cc1. The fraction of sp³-hybridized carbons (Fsp3) is 0.207. The largest absolute Gasteiger partial charge is 0.454 e. The highest BCUT2D eigenvalue weighted by Crippen LogP contribution is 2.36. The summed E-state index contributed by atoms with van der Waals surface area (Å²) in [7, 11) is -3.99. The summed E-state index contributed by atoms with van der Waals surface area (Å²) in [5.74, 6) is 0.506. The molecule has 1 saturated heterocycles. The summed E-state index contributed by atoms with van der Waals surface area (Å²) < 4.78 is 51.9. The Hall–Kier alpha value is -4.26. The predicted molar refractivity (Wildman–Crippen MR) is 153 cm³/mol. The molecule has 3 aromatic carbocycles. The van der Waals surface area contributed by atoms with Crippen LogP contribution >= 0.6 is 11.6 Å². The quantitative estimate of drug-likeness (QED) is 0.290. The molecule has 6 rings (SSSR count). The molecule has 0 radical (unpaired) electrons. The second kappa shape index (κ2) is 11.6. The maximum atomic E-state index is 13.4. The second-order valence-electron chi connectivity index (χ2n) is 9.72. The summed E-state index contributed by atoms with van der Waals surface area (Å²) in [5, 5.41) is 6.52. The fourth-order valence-electron chi connectivity index (χ4n) is 4.87. The van der Waals surface area contributed by atoms with Gasteiger partial charge in [-0.25, -0.2) is 22.8 Å². The van der Waals surface area contributed by atoms with Crippen molar-refractivity contribution in [2.24, 2.45) is 0 Å². The molecule has 42 heavy (non-hydrogen) atoms. The maximum Gasteiger partial charge on any atom is 0.243 e. The molecule has 1 fully saturated rings. The van der Waals surface area contributed by atoms with Crippen molar-refractivity contribution in [3.8, 4) is 22.8 Å². The standard InChI is InChI=1S/C29H25ClFN5O5S/c30-19-3-1-4-21(14-19)33-29-34-22(15-24(35-29)18-6-11-26-27(13-18)41-17-40-26)16-32-28(37)25-5-2-12-36(25)42(38,39)23-9-7-20(31)8-10-23/h1,3-4,6-11,13-15,25H,2,5,12,16-17H2,(H,32,37)(H,33,34,35). The number of benzene rings is 3. The van der Waals surface area contributed by atoms with Crippen LogP contribution in [0.3, 0.4) is 0 Å². The molecule has 2 N–H and O–H groups in total. The van der Waals surface area contributed by atoms with Gasteiger partial charge in [-0.15, -0.1) is 0 Å². The number of hydrogen-bond acceptors (Lipinski definition) is 8. The van der Waals surface area contributed by atoms with Gasteiger partial charge in [-0.3, -0.25) is 4.79 Å². The molecule has 2 aliphatic heterocycles. The van der Waals surface area contributed by atoms with Crippen molar-refractivity contribution >= 4 is 39.2 Å². The lowest BCUT2D eigenvalue weighted by Crippen LogP contribution is -2.45. The summed E-state index contributed by atoms with van der Waals surface area (Å²) >= 11 is 6.14. The normalized spacial score (nSPS) is 16.4. The monoisotopic (exact) mass is 609 g/mol. The number of aromatic nitrogens is 2. The first kappa shape index (κ1) is 27.9. The van der Waals surface area contributed by atoms with Crippen LogP contribution in [0.25, 0.3) is 11.3 Å². The minimum atomic E-state index is -3.99. The Morgan fingerprint density at radius 1 is 1.02 bits per heavy atom. The van der Waals surface area contributed by atoms with Gasteiger partial charge < -0.3 is 20.1 Å². The number of hydrogen-bond donors (Lipinski definition) is 2. The van der Waals surface area contributed by atoms with Crippen molar-refractivity contribution in [1.82, 2.24) is 19.6 Å².